The second kappa shape index (κ2) is 14.0. The first-order chi connectivity index (χ1) is 31.2. The van der Waals surface area contributed by atoms with Gasteiger partial charge in [-0.3, -0.25) is 13.7 Å². The molecule has 63 heavy (non-hydrogen) atoms. The molecule has 0 saturated carbocycles. The smallest absolute Gasteiger partial charge is 0.234 e. The molecule has 13 rings (SSSR count). The van der Waals surface area contributed by atoms with E-state index in [1.54, 1.807) is 0 Å². The van der Waals surface area contributed by atoms with Gasteiger partial charge in [0.05, 0.1) is 39.6 Å². The van der Waals surface area contributed by atoms with Crippen LogP contribution < -0.4 is 0 Å². The van der Waals surface area contributed by atoms with Gasteiger partial charge >= 0.3 is 0 Å². The Morgan fingerprint density at radius 2 is 0.698 bits per heavy atom. The third-order valence-corrected chi connectivity index (χ3v) is 12.5. The number of rotatable bonds is 5. The third-order valence-electron chi connectivity index (χ3n) is 12.5. The maximum absolute atomic E-state index is 5.14. The minimum absolute atomic E-state index is 0.0730. The third kappa shape index (κ3) is 5.56. The van der Waals surface area contributed by atoms with Crippen LogP contribution in [-0.4, -0.2) is 52.4 Å². The molecule has 0 N–H and O–H groups in total. The topological polar surface area (TPSA) is 91.1 Å². The van der Waals surface area contributed by atoms with Gasteiger partial charge in [-0.05, 0) is 59.2 Å². The van der Waals surface area contributed by atoms with E-state index in [4.69, 9.17) is 29.9 Å². The number of nitrogens with zero attached hydrogens (tertiary/aromatic N) is 9. The van der Waals surface area contributed by atoms with Crippen molar-refractivity contribution in [3.05, 3.63) is 194 Å². The first-order valence-electron chi connectivity index (χ1n) is 21.1. The average molecular weight is 810 g/mol. The van der Waals surface area contributed by atoms with E-state index >= 15 is 0 Å². The van der Waals surface area contributed by atoms with E-state index in [1.807, 2.05) is 31.0 Å². The molecule has 0 bridgehead atoms. The number of aromatic nitrogens is 7. The molecule has 1 atom stereocenters. The molecule has 12 aromatic rings. The molecule has 1 aliphatic rings. The van der Waals surface area contributed by atoms with Crippen molar-refractivity contribution in [2.75, 3.05) is 6.54 Å². The Bertz CT molecular complexity index is 3500. The SMILES string of the molecule is C1=NC(n2c3ccccc3c3ccccc32)=NCC1c1cc(-c2cnc(-n3c4ccccc4c4ccccc43)nc2)cc(-c2cnc(-n3c4ccccc4c4ccccc43)nc2)c1. The molecule has 1 unspecified atom stereocenters. The van der Waals surface area contributed by atoms with Gasteiger partial charge in [0.25, 0.3) is 0 Å². The Kier molecular flexibility index (Phi) is 7.83. The number of para-hydroxylation sites is 6. The maximum Gasteiger partial charge on any atom is 0.234 e. The Morgan fingerprint density at radius 3 is 1.03 bits per heavy atom. The van der Waals surface area contributed by atoms with Gasteiger partial charge in [0, 0.05) is 80.4 Å². The lowest BCUT2D eigenvalue weighted by Gasteiger charge is -2.19. The van der Waals surface area contributed by atoms with Crippen LogP contribution in [0, 0.1) is 0 Å². The molecule has 7 aromatic carbocycles. The second-order valence-corrected chi connectivity index (χ2v) is 16.0. The summed E-state index contributed by atoms with van der Waals surface area (Å²) in [6.07, 6.45) is 9.72. The first-order valence-corrected chi connectivity index (χ1v) is 21.1. The summed E-state index contributed by atoms with van der Waals surface area (Å²) in [5.74, 6) is 1.85. The van der Waals surface area contributed by atoms with Crippen molar-refractivity contribution in [1.29, 1.82) is 0 Å². The van der Waals surface area contributed by atoms with Crippen LogP contribution in [0.5, 0.6) is 0 Å². The largest absolute Gasteiger partial charge is 0.278 e. The second-order valence-electron chi connectivity index (χ2n) is 16.0. The fourth-order valence-electron chi connectivity index (χ4n) is 9.53. The Hall–Kier alpha value is -8.56. The number of fused-ring (bicyclic) bond motifs is 9. The highest BCUT2D eigenvalue weighted by Crippen LogP contribution is 2.36. The van der Waals surface area contributed by atoms with Crippen molar-refractivity contribution < 1.29 is 0 Å². The molecular formula is C54H35N9. The fourth-order valence-corrected chi connectivity index (χ4v) is 9.53. The van der Waals surface area contributed by atoms with Crippen molar-refractivity contribution in [3.63, 3.8) is 0 Å². The zero-order valence-electron chi connectivity index (χ0n) is 33.8. The van der Waals surface area contributed by atoms with Crippen LogP contribution in [0.25, 0.3) is 99.6 Å². The molecule has 1 aliphatic heterocycles. The Labute approximate surface area is 360 Å². The lowest BCUT2D eigenvalue weighted by Crippen LogP contribution is -2.18. The minimum Gasteiger partial charge on any atom is -0.278 e. The highest BCUT2D eigenvalue weighted by atomic mass is 15.2. The van der Waals surface area contributed by atoms with Gasteiger partial charge in [0.15, 0.2) is 0 Å². The molecule has 5 aromatic heterocycles. The summed E-state index contributed by atoms with van der Waals surface area (Å²) in [7, 11) is 0. The molecule has 9 heteroatoms. The average Bonchev–Trinajstić information content (AvgIpc) is 4.00. The molecule has 296 valence electrons. The zero-order valence-corrected chi connectivity index (χ0v) is 33.8. The molecule has 9 nitrogen and oxygen atoms in total. The molecule has 0 spiro atoms. The summed E-state index contributed by atoms with van der Waals surface area (Å²) < 4.78 is 6.44. The Morgan fingerprint density at radius 1 is 0.365 bits per heavy atom. The number of hydrogen-bond acceptors (Lipinski definition) is 6. The monoisotopic (exact) mass is 809 g/mol. The van der Waals surface area contributed by atoms with Crippen LogP contribution in [-0.2, 0) is 0 Å². The van der Waals surface area contributed by atoms with Crippen molar-refractivity contribution in [1.82, 2.24) is 33.6 Å². The summed E-state index contributed by atoms with van der Waals surface area (Å²) in [4.78, 5) is 30.2. The summed E-state index contributed by atoms with van der Waals surface area (Å²) >= 11 is 0. The normalized spacial score (nSPS) is 14.2. The van der Waals surface area contributed by atoms with Crippen LogP contribution >= 0.6 is 0 Å². The standard InChI is InChI=1S/C54H35N9/c1-7-19-46-40(13-1)41-14-2-8-20-47(41)61(46)52-55-28-37(29-56-52)34-25-35(38-30-57-53(58-31-38)62-48-21-9-3-15-42(48)43-16-4-10-22-49(43)62)27-36(26-34)39-32-59-54(60-33-39)63-50-23-11-5-17-44(50)45-18-6-12-24-51(45)63/h1-32,39H,33H2. The van der Waals surface area contributed by atoms with Crippen molar-refractivity contribution >= 4 is 77.6 Å². The van der Waals surface area contributed by atoms with Crippen LogP contribution in [0.15, 0.2) is 199 Å². The maximum atomic E-state index is 5.14. The van der Waals surface area contributed by atoms with Gasteiger partial charge in [0.1, 0.15) is 0 Å². The summed E-state index contributed by atoms with van der Waals surface area (Å²) in [6.45, 7) is 0.537. The van der Waals surface area contributed by atoms with E-state index < -0.39 is 0 Å². The van der Waals surface area contributed by atoms with E-state index in [1.165, 1.54) is 32.3 Å². The van der Waals surface area contributed by atoms with E-state index in [-0.39, 0.29) is 5.92 Å². The van der Waals surface area contributed by atoms with Crippen LogP contribution in [0.3, 0.4) is 0 Å². The van der Waals surface area contributed by atoms with E-state index in [0.717, 1.165) is 60.9 Å². The van der Waals surface area contributed by atoms with Crippen molar-refractivity contribution in [2.24, 2.45) is 9.98 Å². The highest BCUT2D eigenvalue weighted by molar-refractivity contribution is 6.15. The van der Waals surface area contributed by atoms with E-state index in [2.05, 4.69) is 177 Å². The molecule has 0 saturated heterocycles. The zero-order chi connectivity index (χ0) is 41.4. The van der Waals surface area contributed by atoms with Gasteiger partial charge in [-0.25, -0.2) is 29.9 Å². The van der Waals surface area contributed by atoms with Crippen LogP contribution in [0.2, 0.25) is 0 Å². The minimum atomic E-state index is -0.0730. The number of aliphatic imine (C=N–C) groups is 2. The van der Waals surface area contributed by atoms with Gasteiger partial charge in [0.2, 0.25) is 17.9 Å². The molecule has 0 amide bonds. The van der Waals surface area contributed by atoms with Gasteiger partial charge in [-0.2, -0.15) is 0 Å². The fraction of sp³-hybridized carbons (Fsp3) is 0.0370. The summed E-state index contributed by atoms with van der Waals surface area (Å²) in [6, 6.07) is 57.1. The highest BCUT2D eigenvalue weighted by Gasteiger charge is 2.21. The molecule has 0 radical (unpaired) electrons. The first kappa shape index (κ1) is 35.2. The van der Waals surface area contributed by atoms with Crippen LogP contribution in [0.1, 0.15) is 11.5 Å². The van der Waals surface area contributed by atoms with Crippen LogP contribution in [0.4, 0.5) is 0 Å². The molecular weight excluding hydrogens is 775 g/mol. The number of hydrogen-bond donors (Lipinski definition) is 0. The van der Waals surface area contributed by atoms with Gasteiger partial charge < -0.3 is 0 Å². The molecule has 6 heterocycles. The lowest BCUT2D eigenvalue weighted by atomic mass is 9.92. The summed E-state index contributed by atoms with van der Waals surface area (Å²) in [5, 5.41) is 7.04. The van der Waals surface area contributed by atoms with Gasteiger partial charge in [-0.15, -0.1) is 0 Å². The lowest BCUT2D eigenvalue weighted by molar-refractivity contribution is 0.878. The molecule has 0 aliphatic carbocycles. The van der Waals surface area contributed by atoms with E-state index in [9.17, 15) is 0 Å². The van der Waals surface area contributed by atoms with Crippen molar-refractivity contribution in [3.8, 4) is 34.2 Å². The summed E-state index contributed by atoms with van der Waals surface area (Å²) in [5.41, 5.74) is 11.3. The van der Waals surface area contributed by atoms with Gasteiger partial charge in [-0.1, -0.05) is 121 Å². The predicted octanol–water partition coefficient (Wildman–Crippen LogP) is 12.0. The quantitative estimate of drug-likeness (QED) is 0.173. The number of benzene rings is 7. The van der Waals surface area contributed by atoms with E-state index in [0.29, 0.717) is 24.4 Å². The Balaban J connectivity index is 0.908. The predicted molar refractivity (Wildman–Crippen MR) is 256 cm³/mol. The molecule has 0 fully saturated rings. The van der Waals surface area contributed by atoms with Crippen molar-refractivity contribution in [2.45, 2.75) is 5.92 Å².